The number of benzene rings is 1. The number of hydrogen-bond donors (Lipinski definition) is 2. The summed E-state index contributed by atoms with van der Waals surface area (Å²) in [6.45, 7) is 4.22. The Morgan fingerprint density at radius 1 is 1.35 bits per heavy atom. The lowest BCUT2D eigenvalue weighted by Gasteiger charge is -2.16. The first-order chi connectivity index (χ1) is 11.1. The SMILES string of the molecule is CCC(CC)n1nccc1NC(=O)c1cc2c(Cl)cccc2[nH]1. The number of nitrogens with zero attached hydrogens (tertiary/aromatic N) is 2. The standard InChI is InChI=1S/C17H19ClN4O/c1-3-11(4-2)22-16(8-9-19-22)21-17(23)15-10-12-13(18)6-5-7-14(12)20-15/h5-11,20H,3-4H2,1-2H3,(H,21,23). The van der Waals surface area contributed by atoms with Gasteiger partial charge in [0.05, 0.1) is 12.2 Å². The van der Waals surface area contributed by atoms with Crippen LogP contribution in [-0.4, -0.2) is 20.7 Å². The Kier molecular flexibility index (Phi) is 4.39. The number of aromatic nitrogens is 3. The number of carbonyl (C=O) groups is 1. The smallest absolute Gasteiger partial charge is 0.273 e. The first kappa shape index (κ1) is 15.6. The van der Waals surface area contributed by atoms with Gasteiger partial charge in [-0.2, -0.15) is 5.10 Å². The van der Waals surface area contributed by atoms with Crippen LogP contribution in [0.5, 0.6) is 0 Å². The molecule has 0 radical (unpaired) electrons. The maximum Gasteiger partial charge on any atom is 0.273 e. The van der Waals surface area contributed by atoms with Gasteiger partial charge in [-0.1, -0.05) is 31.5 Å². The zero-order valence-corrected chi connectivity index (χ0v) is 13.9. The van der Waals surface area contributed by atoms with Crippen molar-refractivity contribution in [2.75, 3.05) is 5.32 Å². The van der Waals surface area contributed by atoms with Crippen LogP contribution in [0.1, 0.15) is 43.2 Å². The molecular formula is C17H19ClN4O. The van der Waals surface area contributed by atoms with Gasteiger partial charge in [-0.25, -0.2) is 4.68 Å². The van der Waals surface area contributed by atoms with E-state index in [1.165, 1.54) is 0 Å². The molecule has 1 aromatic carbocycles. The number of rotatable bonds is 5. The van der Waals surface area contributed by atoms with Crippen molar-refractivity contribution in [3.63, 3.8) is 0 Å². The Hall–Kier alpha value is -2.27. The molecule has 0 unspecified atom stereocenters. The van der Waals surface area contributed by atoms with E-state index >= 15 is 0 Å². The summed E-state index contributed by atoms with van der Waals surface area (Å²) in [7, 11) is 0. The van der Waals surface area contributed by atoms with Crippen LogP contribution in [0.2, 0.25) is 5.02 Å². The van der Waals surface area contributed by atoms with Gasteiger partial charge in [-0.15, -0.1) is 0 Å². The van der Waals surface area contributed by atoms with Gasteiger partial charge in [-0.05, 0) is 31.0 Å². The molecule has 0 aliphatic heterocycles. The number of halogens is 1. The molecule has 2 aromatic heterocycles. The molecular weight excluding hydrogens is 312 g/mol. The third kappa shape index (κ3) is 2.97. The fraction of sp³-hybridized carbons (Fsp3) is 0.294. The maximum absolute atomic E-state index is 12.5. The largest absolute Gasteiger partial charge is 0.350 e. The molecule has 0 atom stereocenters. The Balaban J connectivity index is 1.87. The molecule has 1 amide bonds. The first-order valence-corrected chi connectivity index (χ1v) is 8.14. The molecule has 6 heteroatoms. The number of aromatic amines is 1. The van der Waals surface area contributed by atoms with E-state index < -0.39 is 0 Å². The maximum atomic E-state index is 12.5. The van der Waals surface area contributed by atoms with Crippen LogP contribution in [-0.2, 0) is 0 Å². The predicted octanol–water partition coefficient (Wildman–Crippen LogP) is 4.63. The normalized spacial score (nSPS) is 11.3. The van der Waals surface area contributed by atoms with Crippen molar-refractivity contribution in [2.24, 2.45) is 0 Å². The van der Waals surface area contributed by atoms with Crippen LogP contribution in [0.3, 0.4) is 0 Å². The van der Waals surface area contributed by atoms with Gasteiger partial charge < -0.3 is 10.3 Å². The monoisotopic (exact) mass is 330 g/mol. The van der Waals surface area contributed by atoms with E-state index in [2.05, 4.69) is 29.2 Å². The Bertz CT molecular complexity index is 832. The number of H-pyrrole nitrogens is 1. The number of amides is 1. The minimum atomic E-state index is -0.204. The predicted molar refractivity (Wildman–Crippen MR) is 93.1 cm³/mol. The van der Waals surface area contributed by atoms with Crippen LogP contribution in [0.25, 0.3) is 10.9 Å². The lowest BCUT2D eigenvalue weighted by atomic mass is 10.2. The van der Waals surface area contributed by atoms with Crippen molar-refractivity contribution in [3.8, 4) is 0 Å². The molecule has 2 N–H and O–H groups in total. The number of fused-ring (bicyclic) bond motifs is 1. The molecule has 3 aromatic rings. The van der Waals surface area contributed by atoms with Crippen LogP contribution < -0.4 is 5.32 Å². The van der Waals surface area contributed by atoms with Crippen LogP contribution in [0, 0.1) is 0 Å². The first-order valence-electron chi connectivity index (χ1n) is 7.76. The van der Waals surface area contributed by atoms with E-state index in [9.17, 15) is 4.79 Å². The minimum absolute atomic E-state index is 0.204. The van der Waals surface area contributed by atoms with Crippen molar-refractivity contribution in [1.82, 2.24) is 14.8 Å². The highest BCUT2D eigenvalue weighted by molar-refractivity contribution is 6.35. The van der Waals surface area contributed by atoms with E-state index in [-0.39, 0.29) is 11.9 Å². The summed E-state index contributed by atoms with van der Waals surface area (Å²) in [5.41, 5.74) is 1.32. The Morgan fingerprint density at radius 2 is 2.13 bits per heavy atom. The fourth-order valence-electron chi connectivity index (χ4n) is 2.76. The zero-order chi connectivity index (χ0) is 16.4. The second-order valence-corrected chi connectivity index (χ2v) is 5.88. The zero-order valence-electron chi connectivity index (χ0n) is 13.1. The van der Waals surface area contributed by atoms with E-state index in [4.69, 9.17) is 11.6 Å². The number of hydrogen-bond acceptors (Lipinski definition) is 2. The summed E-state index contributed by atoms with van der Waals surface area (Å²) in [4.78, 5) is 15.6. The topological polar surface area (TPSA) is 62.7 Å². The van der Waals surface area contributed by atoms with Crippen molar-refractivity contribution >= 4 is 34.2 Å². The van der Waals surface area contributed by atoms with Crippen molar-refractivity contribution in [2.45, 2.75) is 32.7 Å². The summed E-state index contributed by atoms with van der Waals surface area (Å²) in [6.07, 6.45) is 3.63. The van der Waals surface area contributed by atoms with Crippen LogP contribution in [0.4, 0.5) is 5.82 Å². The number of anilines is 1. The highest BCUT2D eigenvalue weighted by Gasteiger charge is 2.16. The van der Waals surface area contributed by atoms with Crippen molar-refractivity contribution in [1.29, 1.82) is 0 Å². The van der Waals surface area contributed by atoms with E-state index in [0.29, 0.717) is 16.5 Å². The third-order valence-electron chi connectivity index (χ3n) is 4.06. The van der Waals surface area contributed by atoms with Crippen LogP contribution >= 0.6 is 11.6 Å². The third-order valence-corrected chi connectivity index (χ3v) is 4.39. The van der Waals surface area contributed by atoms with Crippen LogP contribution in [0.15, 0.2) is 36.5 Å². The molecule has 0 fully saturated rings. The average Bonchev–Trinajstić information content (AvgIpc) is 3.17. The van der Waals surface area contributed by atoms with Gasteiger partial charge in [0.15, 0.2) is 0 Å². The highest BCUT2D eigenvalue weighted by Crippen LogP contribution is 2.25. The van der Waals surface area contributed by atoms with Gasteiger partial charge in [0, 0.05) is 22.0 Å². The molecule has 5 nitrogen and oxygen atoms in total. The molecule has 0 saturated heterocycles. The van der Waals surface area contributed by atoms with Gasteiger partial charge >= 0.3 is 0 Å². The highest BCUT2D eigenvalue weighted by atomic mass is 35.5. The summed E-state index contributed by atoms with van der Waals surface area (Å²) in [5.74, 6) is 0.499. The lowest BCUT2D eigenvalue weighted by molar-refractivity contribution is 0.102. The molecule has 0 spiro atoms. The lowest BCUT2D eigenvalue weighted by Crippen LogP contribution is -2.18. The van der Waals surface area contributed by atoms with Gasteiger partial charge in [-0.3, -0.25) is 4.79 Å². The molecule has 3 rings (SSSR count). The second kappa shape index (κ2) is 6.46. The quantitative estimate of drug-likeness (QED) is 0.716. The summed E-state index contributed by atoms with van der Waals surface area (Å²) >= 11 is 6.16. The molecule has 0 bridgehead atoms. The molecule has 0 aliphatic carbocycles. The second-order valence-electron chi connectivity index (χ2n) is 5.47. The summed E-state index contributed by atoms with van der Waals surface area (Å²) in [6, 6.07) is 9.41. The minimum Gasteiger partial charge on any atom is -0.350 e. The molecule has 23 heavy (non-hydrogen) atoms. The average molecular weight is 331 g/mol. The molecule has 120 valence electrons. The van der Waals surface area contributed by atoms with E-state index in [1.807, 2.05) is 28.9 Å². The van der Waals surface area contributed by atoms with Gasteiger partial charge in [0.2, 0.25) is 0 Å². The summed E-state index contributed by atoms with van der Waals surface area (Å²) < 4.78 is 1.87. The Labute approximate surface area is 139 Å². The molecule has 2 heterocycles. The van der Waals surface area contributed by atoms with Gasteiger partial charge in [0.1, 0.15) is 11.5 Å². The number of carbonyl (C=O) groups excluding carboxylic acids is 1. The summed E-state index contributed by atoms with van der Waals surface area (Å²) in [5, 5.41) is 8.72. The molecule has 0 aliphatic rings. The van der Waals surface area contributed by atoms with Crippen molar-refractivity contribution < 1.29 is 4.79 Å². The Morgan fingerprint density at radius 3 is 2.83 bits per heavy atom. The number of nitrogens with one attached hydrogen (secondary N) is 2. The van der Waals surface area contributed by atoms with E-state index in [1.54, 1.807) is 12.3 Å². The van der Waals surface area contributed by atoms with Gasteiger partial charge in [0.25, 0.3) is 5.91 Å². The fourth-order valence-corrected chi connectivity index (χ4v) is 2.99. The van der Waals surface area contributed by atoms with E-state index in [0.717, 1.165) is 23.7 Å². The van der Waals surface area contributed by atoms with Crippen molar-refractivity contribution in [3.05, 3.63) is 47.2 Å². The molecule has 0 saturated carbocycles.